The maximum Gasteiger partial charge on any atom is 0.337 e. The fourth-order valence-corrected chi connectivity index (χ4v) is 6.09. The van der Waals surface area contributed by atoms with Crippen LogP contribution in [0.3, 0.4) is 0 Å². The number of esters is 1. The first-order chi connectivity index (χ1) is 16.0. The topological polar surface area (TPSA) is 33.4 Å². The number of benzene rings is 3. The van der Waals surface area contributed by atoms with Crippen LogP contribution >= 0.6 is 23.1 Å². The molecule has 164 valence electrons. The van der Waals surface area contributed by atoms with E-state index in [9.17, 15) is 4.79 Å². The van der Waals surface area contributed by atoms with Gasteiger partial charge in [-0.15, -0.1) is 0 Å². The van der Waals surface area contributed by atoms with Crippen LogP contribution in [0.1, 0.15) is 20.9 Å². The number of fused-ring (bicyclic) bond motifs is 2. The van der Waals surface area contributed by atoms with Crippen molar-refractivity contribution >= 4 is 56.6 Å². The van der Waals surface area contributed by atoms with Gasteiger partial charge in [0.05, 0.1) is 23.4 Å². The second kappa shape index (κ2) is 8.89. The molecular formula is C27H23N2O2S2+. The lowest BCUT2D eigenvalue weighted by Gasteiger charge is -2.14. The molecule has 4 aromatic rings. The lowest BCUT2D eigenvalue weighted by Crippen LogP contribution is -2.28. The van der Waals surface area contributed by atoms with Gasteiger partial charge in [-0.1, -0.05) is 59.5 Å². The number of anilines is 1. The summed E-state index contributed by atoms with van der Waals surface area (Å²) in [6, 6.07) is 24.5. The summed E-state index contributed by atoms with van der Waals surface area (Å²) < 4.78 is 8.33. The maximum absolute atomic E-state index is 11.9. The molecule has 1 aliphatic rings. The summed E-state index contributed by atoms with van der Waals surface area (Å²) in [5.74, 6) is -0.331. The molecule has 0 aliphatic carbocycles. The van der Waals surface area contributed by atoms with Gasteiger partial charge in [-0.05, 0) is 47.5 Å². The molecule has 2 heterocycles. The predicted octanol–water partition coefficient (Wildman–Crippen LogP) is 6.14. The number of aromatic nitrogens is 1. The van der Waals surface area contributed by atoms with E-state index < -0.39 is 0 Å². The summed E-state index contributed by atoms with van der Waals surface area (Å²) in [4.78, 5) is 15.4. The maximum atomic E-state index is 11.9. The highest BCUT2D eigenvalue weighted by Crippen LogP contribution is 2.45. The van der Waals surface area contributed by atoms with Crippen molar-refractivity contribution in [3.05, 3.63) is 100 Å². The number of carbonyl (C=O) groups excluding carboxylic acids is 1. The number of nitrogens with zero attached hydrogens (tertiary/aromatic N) is 2. The van der Waals surface area contributed by atoms with E-state index in [1.165, 1.54) is 27.9 Å². The van der Waals surface area contributed by atoms with Crippen molar-refractivity contribution < 1.29 is 14.1 Å². The van der Waals surface area contributed by atoms with Crippen LogP contribution in [0, 0.1) is 0 Å². The van der Waals surface area contributed by atoms with Gasteiger partial charge in [0.25, 0.3) is 5.01 Å². The molecule has 0 N–H and O–H groups in total. The van der Waals surface area contributed by atoms with Crippen molar-refractivity contribution in [2.24, 2.45) is 7.05 Å². The van der Waals surface area contributed by atoms with Gasteiger partial charge in [0, 0.05) is 24.1 Å². The smallest absolute Gasteiger partial charge is 0.337 e. The average molecular weight is 472 g/mol. The van der Waals surface area contributed by atoms with E-state index in [1.54, 1.807) is 23.1 Å². The SMILES string of the molecule is COC(=O)c1ccc(C(=Cc2sc3ccccc3[n+]2C)C=C2Sc3ccccc3N2C)cc1. The van der Waals surface area contributed by atoms with Gasteiger partial charge in [0.1, 0.15) is 11.7 Å². The highest BCUT2D eigenvalue weighted by atomic mass is 32.2. The average Bonchev–Trinajstić information content (AvgIpc) is 3.34. The molecule has 1 aromatic heterocycles. The summed E-state index contributed by atoms with van der Waals surface area (Å²) in [5, 5.41) is 2.31. The first kappa shape index (κ1) is 21.5. The quantitative estimate of drug-likeness (QED) is 0.265. The summed E-state index contributed by atoms with van der Waals surface area (Å²) in [7, 11) is 5.60. The molecule has 0 bridgehead atoms. The van der Waals surface area contributed by atoms with Crippen molar-refractivity contribution in [2.75, 3.05) is 19.1 Å². The van der Waals surface area contributed by atoms with Gasteiger partial charge in [-0.3, -0.25) is 0 Å². The van der Waals surface area contributed by atoms with Crippen LogP contribution in [0.25, 0.3) is 21.9 Å². The van der Waals surface area contributed by atoms with Gasteiger partial charge in [0.15, 0.2) is 0 Å². The van der Waals surface area contributed by atoms with Gasteiger partial charge < -0.3 is 9.64 Å². The van der Waals surface area contributed by atoms with Crippen LogP contribution in [0.5, 0.6) is 0 Å². The zero-order chi connectivity index (χ0) is 22.9. The lowest BCUT2D eigenvalue weighted by atomic mass is 10.0. The van der Waals surface area contributed by atoms with Crippen molar-refractivity contribution in [3.63, 3.8) is 0 Å². The molecule has 0 spiro atoms. The number of hydrogen-bond acceptors (Lipinski definition) is 5. The Morgan fingerprint density at radius 2 is 1.67 bits per heavy atom. The molecule has 0 unspecified atom stereocenters. The van der Waals surface area contributed by atoms with Crippen molar-refractivity contribution in [3.8, 4) is 0 Å². The monoisotopic (exact) mass is 471 g/mol. The Bertz CT molecular complexity index is 1420. The lowest BCUT2D eigenvalue weighted by molar-refractivity contribution is -0.642. The Kier molecular flexibility index (Phi) is 5.79. The number of rotatable bonds is 4. The van der Waals surface area contributed by atoms with E-state index in [1.807, 2.05) is 24.3 Å². The van der Waals surface area contributed by atoms with E-state index >= 15 is 0 Å². The van der Waals surface area contributed by atoms with Crippen molar-refractivity contribution in [1.29, 1.82) is 0 Å². The van der Waals surface area contributed by atoms with Crippen LogP contribution in [-0.4, -0.2) is 20.1 Å². The minimum atomic E-state index is -0.331. The molecule has 0 atom stereocenters. The molecule has 33 heavy (non-hydrogen) atoms. The molecular weight excluding hydrogens is 448 g/mol. The highest BCUT2D eigenvalue weighted by molar-refractivity contribution is 8.03. The van der Waals surface area contributed by atoms with Crippen LogP contribution in [0.15, 0.2) is 88.8 Å². The summed E-state index contributed by atoms with van der Waals surface area (Å²) in [5.41, 5.74) is 5.08. The predicted molar refractivity (Wildman–Crippen MR) is 137 cm³/mol. The van der Waals surface area contributed by atoms with Crippen LogP contribution in [-0.2, 0) is 11.8 Å². The normalized spacial score (nSPS) is 14.7. The fourth-order valence-electron chi connectivity index (χ4n) is 3.88. The van der Waals surface area contributed by atoms with E-state index in [0.29, 0.717) is 5.56 Å². The molecule has 4 nitrogen and oxygen atoms in total. The van der Waals surface area contributed by atoms with Crippen molar-refractivity contribution in [1.82, 2.24) is 0 Å². The van der Waals surface area contributed by atoms with E-state index in [2.05, 4.69) is 84.2 Å². The van der Waals surface area contributed by atoms with Crippen LogP contribution < -0.4 is 9.47 Å². The summed E-state index contributed by atoms with van der Waals surface area (Å²) in [6.45, 7) is 0. The minimum Gasteiger partial charge on any atom is -0.465 e. The second-order valence-corrected chi connectivity index (χ2v) is 9.87. The van der Waals surface area contributed by atoms with Gasteiger partial charge >= 0.3 is 5.97 Å². The molecule has 0 amide bonds. The number of methoxy groups -OCH3 is 1. The minimum absolute atomic E-state index is 0.331. The third-order valence-corrected chi connectivity index (χ3v) is 8.07. The number of carbonyl (C=O) groups is 1. The van der Waals surface area contributed by atoms with Crippen molar-refractivity contribution in [2.45, 2.75) is 4.90 Å². The van der Waals surface area contributed by atoms with E-state index in [4.69, 9.17) is 4.74 Å². The Hall–Kier alpha value is -3.35. The van der Waals surface area contributed by atoms with Gasteiger partial charge in [-0.25, -0.2) is 4.79 Å². The number of para-hydroxylation sites is 2. The first-order valence-electron chi connectivity index (χ1n) is 10.6. The number of hydrogen-bond donors (Lipinski definition) is 0. The molecule has 0 saturated carbocycles. The molecule has 0 radical (unpaired) electrons. The summed E-state index contributed by atoms with van der Waals surface area (Å²) >= 11 is 3.53. The highest BCUT2D eigenvalue weighted by Gasteiger charge is 2.22. The van der Waals surface area contributed by atoms with Crippen LogP contribution in [0.2, 0.25) is 0 Å². The molecule has 0 fully saturated rings. The van der Waals surface area contributed by atoms with Crippen LogP contribution in [0.4, 0.5) is 5.69 Å². The molecule has 3 aromatic carbocycles. The molecule has 6 heteroatoms. The molecule has 5 rings (SSSR count). The molecule has 0 saturated heterocycles. The summed E-state index contributed by atoms with van der Waals surface area (Å²) in [6.07, 6.45) is 4.45. The Labute approximate surface area is 201 Å². The van der Waals surface area contributed by atoms with E-state index in [-0.39, 0.29) is 5.97 Å². The standard InChI is InChI=1S/C27H23N2O2S2/c1-28-21-8-4-6-10-23(21)32-25(28)16-20(18-12-14-19(15-13-18)27(30)31-3)17-26-29(2)22-9-5-7-11-24(22)33-26/h4-17H,1-3H3/q+1. The first-order valence-corrected chi connectivity index (χ1v) is 12.2. The number of thiazole rings is 1. The second-order valence-electron chi connectivity index (χ2n) is 7.75. The fraction of sp³-hybridized carbons (Fsp3) is 0.111. The Morgan fingerprint density at radius 1 is 0.970 bits per heavy atom. The van der Waals surface area contributed by atoms with Gasteiger partial charge in [-0.2, -0.15) is 4.57 Å². The Morgan fingerprint density at radius 3 is 2.39 bits per heavy atom. The van der Waals surface area contributed by atoms with E-state index in [0.717, 1.165) is 21.2 Å². The molecule has 1 aliphatic heterocycles. The van der Waals surface area contributed by atoms with Gasteiger partial charge in [0.2, 0.25) is 5.52 Å². The zero-order valence-corrected chi connectivity index (χ0v) is 20.2. The number of thioether (sulfide) groups is 1. The third-order valence-electron chi connectivity index (χ3n) is 5.74. The largest absolute Gasteiger partial charge is 0.465 e. The Balaban J connectivity index is 1.62. The number of allylic oxidation sites excluding steroid dienone is 2. The third kappa shape index (κ3) is 4.08. The number of aryl methyl sites for hydroxylation is 1. The zero-order valence-electron chi connectivity index (χ0n) is 18.6. The number of ether oxygens (including phenoxy) is 1.